The van der Waals surface area contributed by atoms with Crippen molar-refractivity contribution in [1.29, 1.82) is 0 Å². The lowest BCUT2D eigenvalue weighted by Gasteiger charge is -2.11. The van der Waals surface area contributed by atoms with E-state index in [1.54, 1.807) is 11.3 Å². The molecule has 0 saturated carbocycles. The molecule has 2 rings (SSSR count). The lowest BCUT2D eigenvalue weighted by Crippen LogP contribution is -2.21. The number of hydrogen-bond acceptors (Lipinski definition) is 3. The first-order valence-corrected chi connectivity index (χ1v) is 7.63. The van der Waals surface area contributed by atoms with Crippen LogP contribution < -0.4 is 10.1 Å². The second-order valence-electron chi connectivity index (χ2n) is 4.72. The predicted molar refractivity (Wildman–Crippen MR) is 82.1 cm³/mol. The van der Waals surface area contributed by atoms with E-state index in [-0.39, 0.29) is 0 Å². The number of benzene rings is 1. The Morgan fingerprint density at radius 3 is 2.74 bits per heavy atom. The lowest BCUT2D eigenvalue weighted by atomic mass is 10.2. The topological polar surface area (TPSA) is 21.3 Å². The van der Waals surface area contributed by atoms with E-state index in [1.807, 2.05) is 23.6 Å². The third-order valence-electron chi connectivity index (χ3n) is 2.69. The third-order valence-corrected chi connectivity index (χ3v) is 3.71. The molecule has 0 spiro atoms. The highest BCUT2D eigenvalue weighted by Crippen LogP contribution is 2.26. The van der Waals surface area contributed by atoms with Crippen molar-refractivity contribution in [3.63, 3.8) is 0 Å². The molecule has 1 aromatic heterocycles. The summed E-state index contributed by atoms with van der Waals surface area (Å²) in [7, 11) is 0. The Hall–Kier alpha value is -1.03. The Bertz CT molecular complexity index is 511. The molecule has 1 N–H and O–H groups in total. The number of thiophene rings is 1. The lowest BCUT2D eigenvalue weighted by molar-refractivity contribution is 0.307. The SMILES string of the molecule is CC(C)NCc1ccc(OCc2ccsc2)c(Cl)c1. The second kappa shape index (κ2) is 6.94. The van der Waals surface area contributed by atoms with Gasteiger partial charge in [-0.3, -0.25) is 0 Å². The summed E-state index contributed by atoms with van der Waals surface area (Å²) in [5, 5.41) is 8.15. The normalized spacial score (nSPS) is 10.9. The van der Waals surface area contributed by atoms with E-state index >= 15 is 0 Å². The summed E-state index contributed by atoms with van der Waals surface area (Å²) in [5.41, 5.74) is 2.34. The molecule has 0 fully saturated rings. The standard InChI is InChI=1S/C15H18ClNOS/c1-11(2)17-8-12-3-4-15(14(16)7-12)18-9-13-5-6-19-10-13/h3-7,10-11,17H,8-9H2,1-2H3. The van der Waals surface area contributed by atoms with Gasteiger partial charge in [-0.25, -0.2) is 0 Å². The summed E-state index contributed by atoms with van der Waals surface area (Å²) in [5.74, 6) is 0.737. The van der Waals surface area contributed by atoms with E-state index in [4.69, 9.17) is 16.3 Å². The van der Waals surface area contributed by atoms with Gasteiger partial charge in [0.2, 0.25) is 0 Å². The van der Waals surface area contributed by atoms with E-state index < -0.39 is 0 Å². The average Bonchev–Trinajstić information content (AvgIpc) is 2.88. The molecule has 4 heteroatoms. The molecule has 0 atom stereocenters. The molecule has 1 aromatic carbocycles. The summed E-state index contributed by atoms with van der Waals surface area (Å²) >= 11 is 7.90. The zero-order chi connectivity index (χ0) is 13.7. The van der Waals surface area contributed by atoms with Gasteiger partial charge in [-0.05, 0) is 40.1 Å². The average molecular weight is 296 g/mol. The van der Waals surface area contributed by atoms with E-state index in [1.165, 1.54) is 11.1 Å². The highest BCUT2D eigenvalue weighted by molar-refractivity contribution is 7.07. The summed E-state index contributed by atoms with van der Waals surface area (Å²) in [6.07, 6.45) is 0. The molecule has 0 amide bonds. The van der Waals surface area contributed by atoms with Crippen molar-refractivity contribution >= 4 is 22.9 Å². The predicted octanol–water partition coefficient (Wildman–Crippen LogP) is 4.48. The molecule has 1 heterocycles. The van der Waals surface area contributed by atoms with Crippen molar-refractivity contribution in [3.8, 4) is 5.75 Å². The highest BCUT2D eigenvalue weighted by atomic mass is 35.5. The van der Waals surface area contributed by atoms with Crippen LogP contribution in [0.1, 0.15) is 25.0 Å². The summed E-state index contributed by atoms with van der Waals surface area (Å²) in [4.78, 5) is 0. The fraction of sp³-hybridized carbons (Fsp3) is 0.333. The van der Waals surface area contributed by atoms with Gasteiger partial charge in [-0.15, -0.1) is 0 Å². The van der Waals surface area contributed by atoms with Crippen LogP contribution in [0.3, 0.4) is 0 Å². The third kappa shape index (κ3) is 4.53. The molecule has 2 nitrogen and oxygen atoms in total. The maximum atomic E-state index is 6.23. The fourth-order valence-corrected chi connectivity index (χ4v) is 2.54. The fourth-order valence-electron chi connectivity index (χ4n) is 1.63. The molecular weight excluding hydrogens is 278 g/mol. The van der Waals surface area contributed by atoms with Crippen LogP contribution in [0.2, 0.25) is 5.02 Å². The molecule has 0 aliphatic carbocycles. The van der Waals surface area contributed by atoms with Gasteiger partial charge in [-0.1, -0.05) is 31.5 Å². The minimum absolute atomic E-state index is 0.466. The van der Waals surface area contributed by atoms with Crippen LogP contribution in [0.4, 0.5) is 0 Å². The first-order chi connectivity index (χ1) is 9.15. The van der Waals surface area contributed by atoms with Crippen molar-refractivity contribution in [2.45, 2.75) is 33.0 Å². The van der Waals surface area contributed by atoms with E-state index in [9.17, 15) is 0 Å². The first kappa shape index (κ1) is 14.4. The maximum Gasteiger partial charge on any atom is 0.138 e. The Kier molecular flexibility index (Phi) is 5.25. The van der Waals surface area contributed by atoms with Crippen LogP contribution in [0.25, 0.3) is 0 Å². The smallest absolute Gasteiger partial charge is 0.138 e. The Labute approximate surface area is 123 Å². The molecule has 2 aromatic rings. The second-order valence-corrected chi connectivity index (χ2v) is 5.91. The van der Waals surface area contributed by atoms with E-state index in [0.717, 1.165) is 12.3 Å². The van der Waals surface area contributed by atoms with Gasteiger partial charge in [0.15, 0.2) is 0 Å². The number of hydrogen-bond donors (Lipinski definition) is 1. The van der Waals surface area contributed by atoms with Gasteiger partial charge in [-0.2, -0.15) is 11.3 Å². The van der Waals surface area contributed by atoms with Crippen LogP contribution >= 0.6 is 22.9 Å². The molecule has 0 saturated heterocycles. The van der Waals surface area contributed by atoms with E-state index in [2.05, 4.69) is 30.6 Å². The maximum absolute atomic E-state index is 6.23. The molecule has 19 heavy (non-hydrogen) atoms. The molecular formula is C15H18ClNOS. The van der Waals surface area contributed by atoms with Crippen LogP contribution in [0, 0.1) is 0 Å². The Balaban J connectivity index is 1.94. The van der Waals surface area contributed by atoms with Gasteiger partial charge in [0.1, 0.15) is 12.4 Å². The minimum Gasteiger partial charge on any atom is -0.487 e. The van der Waals surface area contributed by atoms with Crippen molar-refractivity contribution in [2.75, 3.05) is 0 Å². The van der Waals surface area contributed by atoms with Crippen LogP contribution in [-0.4, -0.2) is 6.04 Å². The highest BCUT2D eigenvalue weighted by Gasteiger charge is 2.04. The number of rotatable bonds is 6. The van der Waals surface area contributed by atoms with Crippen molar-refractivity contribution < 1.29 is 4.74 Å². The minimum atomic E-state index is 0.466. The largest absolute Gasteiger partial charge is 0.487 e. The molecule has 0 aliphatic heterocycles. The summed E-state index contributed by atoms with van der Waals surface area (Å²) in [6.45, 7) is 5.63. The van der Waals surface area contributed by atoms with Gasteiger partial charge in [0.05, 0.1) is 5.02 Å². The summed E-state index contributed by atoms with van der Waals surface area (Å²) in [6, 6.07) is 8.46. The van der Waals surface area contributed by atoms with Gasteiger partial charge >= 0.3 is 0 Å². The zero-order valence-electron chi connectivity index (χ0n) is 11.2. The van der Waals surface area contributed by atoms with Gasteiger partial charge in [0.25, 0.3) is 0 Å². The van der Waals surface area contributed by atoms with Crippen LogP contribution in [0.15, 0.2) is 35.0 Å². The molecule has 102 valence electrons. The number of halogens is 1. The van der Waals surface area contributed by atoms with Crippen LogP contribution in [-0.2, 0) is 13.2 Å². The first-order valence-electron chi connectivity index (χ1n) is 6.31. The molecule has 0 unspecified atom stereocenters. The monoisotopic (exact) mass is 295 g/mol. The van der Waals surface area contributed by atoms with Crippen molar-refractivity contribution in [3.05, 3.63) is 51.2 Å². The quantitative estimate of drug-likeness (QED) is 0.848. The molecule has 0 radical (unpaired) electrons. The summed E-state index contributed by atoms with van der Waals surface area (Å²) < 4.78 is 5.72. The Morgan fingerprint density at radius 1 is 1.26 bits per heavy atom. The molecule has 0 aliphatic rings. The van der Waals surface area contributed by atoms with E-state index in [0.29, 0.717) is 17.7 Å². The Morgan fingerprint density at radius 2 is 2.11 bits per heavy atom. The molecule has 0 bridgehead atoms. The number of ether oxygens (including phenoxy) is 1. The zero-order valence-corrected chi connectivity index (χ0v) is 12.7. The van der Waals surface area contributed by atoms with Crippen molar-refractivity contribution in [2.24, 2.45) is 0 Å². The number of nitrogens with one attached hydrogen (secondary N) is 1. The van der Waals surface area contributed by atoms with Crippen LogP contribution in [0.5, 0.6) is 5.75 Å². The van der Waals surface area contributed by atoms with Gasteiger partial charge < -0.3 is 10.1 Å². The van der Waals surface area contributed by atoms with Gasteiger partial charge in [0, 0.05) is 12.6 Å². The van der Waals surface area contributed by atoms with Crippen molar-refractivity contribution in [1.82, 2.24) is 5.32 Å².